The van der Waals surface area contributed by atoms with Gasteiger partial charge in [0.25, 0.3) is 0 Å². The number of hydrogen-bond acceptors (Lipinski definition) is 4. The Morgan fingerprint density at radius 2 is 2.16 bits per heavy atom. The standard InChI is InChI=1S/C13H17N3O3/c14-16-15-5-6-18-7-8-19-13-11-4-2-1-3-10(11)9-12(13)17/h1-4,12-13,17H,5-9H2/t12-,13+/m1/s1. The fraction of sp³-hybridized carbons (Fsp3) is 0.538. The van der Waals surface area contributed by atoms with E-state index in [2.05, 4.69) is 10.0 Å². The zero-order valence-corrected chi connectivity index (χ0v) is 10.6. The van der Waals surface area contributed by atoms with E-state index >= 15 is 0 Å². The molecule has 0 bridgehead atoms. The maximum absolute atomic E-state index is 9.96. The predicted octanol–water partition coefficient (Wildman–Crippen LogP) is 1.99. The summed E-state index contributed by atoms with van der Waals surface area (Å²) in [5, 5.41) is 13.3. The van der Waals surface area contributed by atoms with Gasteiger partial charge in [0.05, 0.1) is 25.9 Å². The number of fused-ring (bicyclic) bond motifs is 1. The van der Waals surface area contributed by atoms with E-state index < -0.39 is 6.10 Å². The van der Waals surface area contributed by atoms with Gasteiger partial charge in [0.15, 0.2) is 0 Å². The van der Waals surface area contributed by atoms with Gasteiger partial charge in [-0.15, -0.1) is 0 Å². The number of ether oxygens (including phenoxy) is 2. The van der Waals surface area contributed by atoms with Gasteiger partial charge in [0.2, 0.25) is 0 Å². The van der Waals surface area contributed by atoms with E-state index in [1.807, 2.05) is 24.3 Å². The average Bonchev–Trinajstić information content (AvgIpc) is 2.74. The average molecular weight is 263 g/mol. The molecule has 0 aliphatic heterocycles. The Kier molecular flexibility index (Phi) is 5.18. The van der Waals surface area contributed by atoms with E-state index in [0.717, 1.165) is 11.1 Å². The minimum atomic E-state index is -0.486. The molecule has 1 aliphatic rings. The number of nitrogens with zero attached hydrogens (tertiary/aromatic N) is 3. The van der Waals surface area contributed by atoms with E-state index in [4.69, 9.17) is 15.0 Å². The van der Waals surface area contributed by atoms with Crippen LogP contribution in [0.1, 0.15) is 17.2 Å². The fourth-order valence-corrected chi connectivity index (χ4v) is 2.22. The zero-order valence-electron chi connectivity index (χ0n) is 10.6. The van der Waals surface area contributed by atoms with Crippen LogP contribution in [-0.4, -0.2) is 37.6 Å². The molecule has 2 atom stereocenters. The first-order valence-electron chi connectivity index (χ1n) is 6.29. The molecule has 0 aromatic heterocycles. The number of hydrogen-bond donors (Lipinski definition) is 1. The first-order chi connectivity index (χ1) is 9.33. The minimum Gasteiger partial charge on any atom is -0.390 e. The summed E-state index contributed by atoms with van der Waals surface area (Å²) in [5.74, 6) is 0. The molecular formula is C13H17N3O3. The second-order valence-corrected chi connectivity index (χ2v) is 4.33. The van der Waals surface area contributed by atoms with Crippen molar-refractivity contribution in [2.45, 2.75) is 18.6 Å². The third kappa shape index (κ3) is 3.68. The van der Waals surface area contributed by atoms with Gasteiger partial charge in [-0.2, -0.15) is 0 Å². The van der Waals surface area contributed by atoms with Crippen molar-refractivity contribution in [1.82, 2.24) is 0 Å². The highest BCUT2D eigenvalue weighted by Crippen LogP contribution is 2.33. The quantitative estimate of drug-likeness (QED) is 0.353. The van der Waals surface area contributed by atoms with Gasteiger partial charge in [0, 0.05) is 17.9 Å². The summed E-state index contributed by atoms with van der Waals surface area (Å²) >= 11 is 0. The highest BCUT2D eigenvalue weighted by atomic mass is 16.5. The summed E-state index contributed by atoms with van der Waals surface area (Å²) in [6.07, 6.45) is -0.115. The summed E-state index contributed by atoms with van der Waals surface area (Å²) in [6, 6.07) is 7.91. The van der Waals surface area contributed by atoms with Crippen molar-refractivity contribution < 1.29 is 14.6 Å². The SMILES string of the molecule is [N-]=[N+]=NCCOCCO[C@H]1c2ccccc2C[C@H]1O. The molecule has 6 heteroatoms. The van der Waals surface area contributed by atoms with Gasteiger partial charge >= 0.3 is 0 Å². The third-order valence-electron chi connectivity index (χ3n) is 3.06. The van der Waals surface area contributed by atoms with Gasteiger partial charge in [-0.05, 0) is 16.7 Å². The van der Waals surface area contributed by atoms with Crippen molar-refractivity contribution in [3.8, 4) is 0 Å². The largest absolute Gasteiger partial charge is 0.390 e. The van der Waals surface area contributed by atoms with E-state index in [-0.39, 0.29) is 6.10 Å². The summed E-state index contributed by atoms with van der Waals surface area (Å²) in [7, 11) is 0. The van der Waals surface area contributed by atoms with Crippen molar-refractivity contribution in [3.05, 3.63) is 45.8 Å². The Labute approximate surface area is 111 Å². The molecule has 0 saturated heterocycles. The molecule has 1 aliphatic carbocycles. The Hall–Kier alpha value is -1.59. The van der Waals surface area contributed by atoms with Gasteiger partial charge in [0.1, 0.15) is 6.10 Å². The molecule has 1 N–H and O–H groups in total. The van der Waals surface area contributed by atoms with Crippen LogP contribution in [0.15, 0.2) is 29.4 Å². The zero-order chi connectivity index (χ0) is 13.5. The Morgan fingerprint density at radius 3 is 3.00 bits per heavy atom. The number of azide groups is 1. The number of rotatable bonds is 7. The van der Waals surface area contributed by atoms with Crippen LogP contribution >= 0.6 is 0 Å². The fourth-order valence-electron chi connectivity index (χ4n) is 2.22. The van der Waals surface area contributed by atoms with Crippen LogP contribution in [0.3, 0.4) is 0 Å². The molecule has 2 rings (SSSR count). The van der Waals surface area contributed by atoms with E-state index in [1.165, 1.54) is 0 Å². The van der Waals surface area contributed by atoms with Gasteiger partial charge in [-0.3, -0.25) is 0 Å². The van der Waals surface area contributed by atoms with Crippen molar-refractivity contribution in [2.75, 3.05) is 26.4 Å². The first kappa shape index (κ1) is 13.8. The van der Waals surface area contributed by atoms with Crippen LogP contribution in [0.25, 0.3) is 10.4 Å². The highest BCUT2D eigenvalue weighted by Gasteiger charge is 2.31. The maximum Gasteiger partial charge on any atom is 0.109 e. The molecule has 0 saturated carbocycles. The van der Waals surface area contributed by atoms with Gasteiger partial charge < -0.3 is 14.6 Å². The summed E-state index contributed by atoms with van der Waals surface area (Å²) in [4.78, 5) is 2.63. The van der Waals surface area contributed by atoms with Crippen molar-refractivity contribution in [1.29, 1.82) is 0 Å². The second-order valence-electron chi connectivity index (χ2n) is 4.33. The number of aliphatic hydroxyl groups is 1. The van der Waals surface area contributed by atoms with Gasteiger partial charge in [-0.1, -0.05) is 29.4 Å². The lowest BCUT2D eigenvalue weighted by Crippen LogP contribution is -2.19. The normalized spacial score (nSPS) is 20.9. The predicted molar refractivity (Wildman–Crippen MR) is 69.7 cm³/mol. The molecule has 0 fully saturated rings. The summed E-state index contributed by atoms with van der Waals surface area (Å²) in [5.41, 5.74) is 10.3. The van der Waals surface area contributed by atoms with Crippen molar-refractivity contribution in [3.63, 3.8) is 0 Å². The van der Waals surface area contributed by atoms with Crippen LogP contribution in [-0.2, 0) is 15.9 Å². The molecule has 6 nitrogen and oxygen atoms in total. The van der Waals surface area contributed by atoms with Crippen LogP contribution in [0.2, 0.25) is 0 Å². The van der Waals surface area contributed by atoms with Crippen LogP contribution in [0.5, 0.6) is 0 Å². The third-order valence-corrected chi connectivity index (χ3v) is 3.06. The van der Waals surface area contributed by atoms with Crippen molar-refractivity contribution in [2.24, 2.45) is 5.11 Å². The molecule has 102 valence electrons. The topological polar surface area (TPSA) is 87.5 Å². The minimum absolute atomic E-state index is 0.267. The van der Waals surface area contributed by atoms with Crippen LogP contribution in [0.4, 0.5) is 0 Å². The number of aliphatic hydroxyl groups excluding tert-OH is 1. The lowest BCUT2D eigenvalue weighted by Gasteiger charge is -2.16. The Balaban J connectivity index is 1.73. The molecule has 1 aromatic carbocycles. The molecule has 0 heterocycles. The monoisotopic (exact) mass is 263 g/mol. The second kappa shape index (κ2) is 7.11. The van der Waals surface area contributed by atoms with E-state index in [1.54, 1.807) is 0 Å². The molecule has 19 heavy (non-hydrogen) atoms. The van der Waals surface area contributed by atoms with Crippen molar-refractivity contribution >= 4 is 0 Å². The van der Waals surface area contributed by atoms with Gasteiger partial charge in [-0.25, -0.2) is 0 Å². The van der Waals surface area contributed by atoms with E-state index in [9.17, 15) is 5.11 Å². The highest BCUT2D eigenvalue weighted by molar-refractivity contribution is 5.35. The lowest BCUT2D eigenvalue weighted by atomic mass is 10.1. The van der Waals surface area contributed by atoms with E-state index in [0.29, 0.717) is 32.8 Å². The smallest absolute Gasteiger partial charge is 0.109 e. The van der Waals surface area contributed by atoms with Crippen LogP contribution < -0.4 is 0 Å². The summed E-state index contributed by atoms with van der Waals surface area (Å²) in [6.45, 7) is 1.54. The Bertz CT molecular complexity index is 460. The first-order valence-corrected chi connectivity index (χ1v) is 6.29. The maximum atomic E-state index is 9.96. The molecular weight excluding hydrogens is 246 g/mol. The molecule has 1 aromatic rings. The molecule has 0 unspecified atom stereocenters. The lowest BCUT2D eigenvalue weighted by molar-refractivity contribution is -0.0486. The summed E-state index contributed by atoms with van der Waals surface area (Å²) < 4.78 is 10.9. The van der Waals surface area contributed by atoms with Crippen LogP contribution in [0, 0.1) is 0 Å². The molecule has 0 amide bonds. The Morgan fingerprint density at radius 1 is 1.32 bits per heavy atom. The molecule has 0 radical (unpaired) electrons. The molecule has 0 spiro atoms. The number of benzene rings is 1.